The van der Waals surface area contributed by atoms with Crippen molar-refractivity contribution in [1.29, 1.82) is 0 Å². The summed E-state index contributed by atoms with van der Waals surface area (Å²) in [5, 5.41) is 12.5. The number of carbonyl (C=O) groups excluding carboxylic acids is 1. The molecule has 26 heavy (non-hydrogen) atoms. The van der Waals surface area contributed by atoms with Gasteiger partial charge < -0.3 is 14.5 Å². The topological polar surface area (TPSA) is 75.9 Å². The molecule has 0 saturated carbocycles. The van der Waals surface area contributed by atoms with Gasteiger partial charge in [0.1, 0.15) is 17.8 Å². The van der Waals surface area contributed by atoms with Crippen molar-refractivity contribution in [3.8, 4) is 16.9 Å². The fraction of sp³-hybridized carbons (Fsp3) is 0.333. The lowest BCUT2D eigenvalue weighted by Gasteiger charge is -2.32. The van der Waals surface area contributed by atoms with E-state index in [2.05, 4.69) is 27.2 Å². The molecule has 4 rings (SSSR count). The molecule has 3 heterocycles. The second-order valence-corrected chi connectivity index (χ2v) is 6.34. The number of fused-ring (bicyclic) bond motifs is 1. The molecule has 0 spiro atoms. The summed E-state index contributed by atoms with van der Waals surface area (Å²) in [4.78, 5) is 17.0. The van der Waals surface area contributed by atoms with Crippen LogP contribution in [0.4, 0.5) is 0 Å². The average Bonchev–Trinajstić information content (AvgIpc) is 3.16. The summed E-state index contributed by atoms with van der Waals surface area (Å²) in [7, 11) is 3.68. The Morgan fingerprint density at radius 1 is 1.12 bits per heavy atom. The molecule has 0 bridgehead atoms. The third kappa shape index (κ3) is 2.88. The Morgan fingerprint density at radius 3 is 2.65 bits per heavy atom. The highest BCUT2D eigenvalue weighted by Crippen LogP contribution is 2.32. The highest BCUT2D eigenvalue weighted by molar-refractivity contribution is 5.95. The molecule has 1 aliphatic heterocycles. The van der Waals surface area contributed by atoms with E-state index in [1.165, 1.54) is 6.33 Å². The number of nitrogens with zero attached hydrogens (tertiary/aromatic N) is 6. The maximum absolute atomic E-state index is 13.0. The first-order valence-corrected chi connectivity index (χ1v) is 8.49. The predicted octanol–water partition coefficient (Wildman–Crippen LogP) is 1.19. The Hall–Kier alpha value is -3.00. The molecule has 0 unspecified atom stereocenters. The molecule has 3 aromatic rings. The summed E-state index contributed by atoms with van der Waals surface area (Å²) in [6, 6.07) is 9.42. The minimum Gasteiger partial charge on any atom is -0.496 e. The molecule has 1 saturated heterocycles. The fourth-order valence-corrected chi connectivity index (χ4v) is 3.17. The number of rotatable bonds is 3. The standard InChI is InChI=1S/C18H20N6O2/c1-22-7-9-23(10-8-22)18(25)15-11-14(17-20-19-12-24(17)21-15)13-5-3-4-6-16(13)26-2/h3-6,11-12H,7-10H2,1-2H3. The van der Waals surface area contributed by atoms with E-state index in [9.17, 15) is 4.79 Å². The average molecular weight is 352 g/mol. The van der Waals surface area contributed by atoms with Crippen LogP contribution in [0.15, 0.2) is 36.7 Å². The molecule has 0 N–H and O–H groups in total. The van der Waals surface area contributed by atoms with Gasteiger partial charge in [-0.1, -0.05) is 18.2 Å². The SMILES string of the molecule is COc1ccccc1-c1cc(C(=O)N2CCN(C)CC2)nn2cnnc12. The van der Waals surface area contributed by atoms with E-state index in [4.69, 9.17) is 4.74 Å². The monoisotopic (exact) mass is 352 g/mol. The fourth-order valence-electron chi connectivity index (χ4n) is 3.17. The van der Waals surface area contributed by atoms with Crippen LogP contribution >= 0.6 is 0 Å². The molecule has 1 amide bonds. The van der Waals surface area contributed by atoms with Crippen molar-refractivity contribution in [1.82, 2.24) is 29.6 Å². The summed E-state index contributed by atoms with van der Waals surface area (Å²) in [6.45, 7) is 3.11. The van der Waals surface area contributed by atoms with Crippen LogP contribution in [-0.2, 0) is 0 Å². The van der Waals surface area contributed by atoms with Crippen molar-refractivity contribution in [2.45, 2.75) is 0 Å². The van der Waals surface area contributed by atoms with Crippen molar-refractivity contribution in [2.24, 2.45) is 0 Å². The summed E-state index contributed by atoms with van der Waals surface area (Å²) >= 11 is 0. The smallest absolute Gasteiger partial charge is 0.274 e. The quantitative estimate of drug-likeness (QED) is 0.705. The molecule has 2 aromatic heterocycles. The normalized spacial score (nSPS) is 15.4. The highest BCUT2D eigenvalue weighted by atomic mass is 16.5. The Labute approximate surface area is 151 Å². The molecule has 0 atom stereocenters. The van der Waals surface area contributed by atoms with Crippen LogP contribution in [-0.4, -0.2) is 75.9 Å². The Morgan fingerprint density at radius 2 is 1.88 bits per heavy atom. The van der Waals surface area contributed by atoms with E-state index >= 15 is 0 Å². The van der Waals surface area contributed by atoms with Gasteiger partial charge in [0.15, 0.2) is 5.65 Å². The van der Waals surface area contributed by atoms with Gasteiger partial charge in [0.25, 0.3) is 5.91 Å². The summed E-state index contributed by atoms with van der Waals surface area (Å²) in [5.41, 5.74) is 2.59. The van der Waals surface area contributed by atoms with Crippen LogP contribution < -0.4 is 4.74 Å². The number of ether oxygens (including phenoxy) is 1. The molecular weight excluding hydrogens is 332 g/mol. The van der Waals surface area contributed by atoms with Gasteiger partial charge in [0, 0.05) is 37.3 Å². The van der Waals surface area contributed by atoms with Crippen LogP contribution in [0.5, 0.6) is 5.75 Å². The van der Waals surface area contributed by atoms with Gasteiger partial charge in [-0.3, -0.25) is 4.79 Å². The van der Waals surface area contributed by atoms with Crippen LogP contribution in [0.1, 0.15) is 10.5 Å². The Kier molecular flexibility index (Phi) is 4.26. The lowest BCUT2D eigenvalue weighted by Crippen LogP contribution is -2.47. The maximum Gasteiger partial charge on any atom is 0.274 e. The van der Waals surface area contributed by atoms with E-state index in [-0.39, 0.29) is 5.91 Å². The van der Waals surface area contributed by atoms with Crippen LogP contribution in [0.3, 0.4) is 0 Å². The number of methoxy groups -OCH3 is 1. The zero-order chi connectivity index (χ0) is 18.1. The number of benzene rings is 1. The van der Waals surface area contributed by atoms with E-state index < -0.39 is 0 Å². The minimum absolute atomic E-state index is 0.0788. The predicted molar refractivity (Wildman–Crippen MR) is 96.2 cm³/mol. The first-order valence-electron chi connectivity index (χ1n) is 8.49. The summed E-state index contributed by atoms with van der Waals surface area (Å²) in [5.74, 6) is 0.631. The molecule has 0 radical (unpaired) electrons. The molecular formula is C18H20N6O2. The number of likely N-dealkylation sites (N-methyl/N-ethyl adjacent to an activating group) is 1. The van der Waals surface area contributed by atoms with Crippen LogP contribution in [0, 0.1) is 0 Å². The van der Waals surface area contributed by atoms with Crippen molar-refractivity contribution >= 4 is 11.6 Å². The first kappa shape index (κ1) is 16.5. The number of carbonyl (C=O) groups is 1. The van der Waals surface area contributed by atoms with Crippen molar-refractivity contribution in [2.75, 3.05) is 40.3 Å². The van der Waals surface area contributed by atoms with Gasteiger partial charge >= 0.3 is 0 Å². The minimum atomic E-state index is -0.0788. The largest absolute Gasteiger partial charge is 0.496 e. The summed E-state index contributed by atoms with van der Waals surface area (Å²) < 4.78 is 7.02. The van der Waals surface area contributed by atoms with Gasteiger partial charge in [0.2, 0.25) is 0 Å². The first-order chi connectivity index (χ1) is 12.7. The highest BCUT2D eigenvalue weighted by Gasteiger charge is 2.24. The van der Waals surface area contributed by atoms with Crippen molar-refractivity contribution in [3.63, 3.8) is 0 Å². The van der Waals surface area contributed by atoms with E-state index in [1.807, 2.05) is 29.2 Å². The van der Waals surface area contributed by atoms with Gasteiger partial charge in [-0.05, 0) is 19.2 Å². The van der Waals surface area contributed by atoms with Crippen molar-refractivity contribution in [3.05, 3.63) is 42.4 Å². The molecule has 1 aromatic carbocycles. The van der Waals surface area contributed by atoms with Crippen LogP contribution in [0.2, 0.25) is 0 Å². The molecule has 8 heteroatoms. The van der Waals surface area contributed by atoms with E-state index in [1.54, 1.807) is 17.7 Å². The second kappa shape index (κ2) is 6.72. The Bertz CT molecular complexity index is 946. The van der Waals surface area contributed by atoms with Gasteiger partial charge in [-0.2, -0.15) is 9.61 Å². The Balaban J connectivity index is 1.79. The van der Waals surface area contributed by atoms with Crippen LogP contribution in [0.25, 0.3) is 16.8 Å². The van der Waals surface area contributed by atoms with Gasteiger partial charge in [0.05, 0.1) is 7.11 Å². The third-order valence-corrected chi connectivity index (χ3v) is 4.67. The van der Waals surface area contributed by atoms with Gasteiger partial charge in [-0.15, -0.1) is 10.2 Å². The van der Waals surface area contributed by atoms with Gasteiger partial charge in [-0.25, -0.2) is 0 Å². The summed E-state index contributed by atoms with van der Waals surface area (Å²) in [6.07, 6.45) is 1.51. The number of aromatic nitrogens is 4. The van der Waals surface area contributed by atoms with Crippen molar-refractivity contribution < 1.29 is 9.53 Å². The maximum atomic E-state index is 13.0. The number of amides is 1. The second-order valence-electron chi connectivity index (χ2n) is 6.34. The molecule has 1 fully saturated rings. The van der Waals surface area contributed by atoms with E-state index in [0.29, 0.717) is 30.2 Å². The third-order valence-electron chi connectivity index (χ3n) is 4.67. The lowest BCUT2D eigenvalue weighted by molar-refractivity contribution is 0.0656. The number of hydrogen-bond donors (Lipinski definition) is 0. The molecule has 1 aliphatic rings. The number of hydrogen-bond acceptors (Lipinski definition) is 6. The zero-order valence-corrected chi connectivity index (χ0v) is 14.8. The number of piperazine rings is 1. The lowest BCUT2D eigenvalue weighted by atomic mass is 10.1. The molecule has 134 valence electrons. The molecule has 0 aliphatic carbocycles. The molecule has 8 nitrogen and oxygen atoms in total. The van der Waals surface area contributed by atoms with E-state index in [0.717, 1.165) is 24.2 Å². The zero-order valence-electron chi connectivity index (χ0n) is 14.8. The number of para-hydroxylation sites is 1.